The largest absolute Gasteiger partial charge is 0.352 e. The Labute approximate surface area is 134 Å². The maximum Gasteiger partial charge on any atom is 0.269 e. The van der Waals surface area contributed by atoms with E-state index in [0.717, 1.165) is 19.3 Å². The maximum atomic E-state index is 12.4. The second-order valence-corrected chi connectivity index (χ2v) is 8.49. The third kappa shape index (κ3) is 2.25. The zero-order chi connectivity index (χ0) is 16.2. The van der Waals surface area contributed by atoms with Gasteiger partial charge in [-0.25, -0.2) is 12.7 Å². The van der Waals surface area contributed by atoms with Gasteiger partial charge in [0.05, 0.1) is 5.56 Å². The fraction of sp³-hybridized carbons (Fsp3) is 0.500. The van der Waals surface area contributed by atoms with Gasteiger partial charge in [0.1, 0.15) is 11.4 Å². The van der Waals surface area contributed by atoms with Gasteiger partial charge in [-0.2, -0.15) is 0 Å². The second kappa shape index (κ2) is 5.06. The lowest BCUT2D eigenvalue weighted by molar-refractivity contribution is -0.122. The van der Waals surface area contributed by atoms with Crippen LogP contribution >= 0.6 is 0 Å². The van der Waals surface area contributed by atoms with Gasteiger partial charge in [-0.15, -0.1) is 0 Å². The minimum atomic E-state index is -3.91. The first-order chi connectivity index (χ1) is 11.0. The Morgan fingerprint density at radius 3 is 2.65 bits per heavy atom. The zero-order valence-corrected chi connectivity index (χ0v) is 13.4. The van der Waals surface area contributed by atoms with Crippen LogP contribution < -0.4 is 5.32 Å². The number of carbonyl (C=O) groups is 2. The summed E-state index contributed by atoms with van der Waals surface area (Å²) in [5.41, 5.74) is 0.139. The molecule has 2 bridgehead atoms. The molecule has 1 aliphatic heterocycles. The maximum absolute atomic E-state index is 12.4. The summed E-state index contributed by atoms with van der Waals surface area (Å²) in [6.07, 6.45) is 4.47. The molecule has 0 saturated heterocycles. The molecule has 2 aliphatic carbocycles. The molecule has 0 radical (unpaired) electrons. The summed E-state index contributed by atoms with van der Waals surface area (Å²) in [4.78, 5) is 24.5. The van der Waals surface area contributed by atoms with E-state index in [1.807, 2.05) is 0 Å². The molecule has 0 aromatic heterocycles. The van der Waals surface area contributed by atoms with Crippen LogP contribution in [0.5, 0.6) is 0 Å². The summed E-state index contributed by atoms with van der Waals surface area (Å²) in [6.45, 7) is -0.441. The van der Waals surface area contributed by atoms with Crippen molar-refractivity contribution in [2.24, 2.45) is 11.8 Å². The van der Waals surface area contributed by atoms with Crippen molar-refractivity contribution in [3.8, 4) is 0 Å². The van der Waals surface area contributed by atoms with Gasteiger partial charge >= 0.3 is 0 Å². The number of rotatable bonds is 3. The predicted octanol–water partition coefficient (Wildman–Crippen LogP) is 1.14. The van der Waals surface area contributed by atoms with Gasteiger partial charge in [0.25, 0.3) is 15.9 Å². The molecule has 122 valence electrons. The summed E-state index contributed by atoms with van der Waals surface area (Å²) < 4.78 is 25.5. The van der Waals surface area contributed by atoms with Crippen LogP contribution in [0.3, 0.4) is 0 Å². The van der Waals surface area contributed by atoms with Crippen LogP contribution in [0.2, 0.25) is 0 Å². The first-order valence-corrected chi connectivity index (χ1v) is 9.36. The molecule has 3 aliphatic rings. The van der Waals surface area contributed by atoms with Crippen LogP contribution in [0.15, 0.2) is 29.2 Å². The summed E-state index contributed by atoms with van der Waals surface area (Å²) >= 11 is 0. The van der Waals surface area contributed by atoms with E-state index < -0.39 is 28.4 Å². The fourth-order valence-corrected chi connectivity index (χ4v) is 5.72. The molecule has 0 spiro atoms. The fourth-order valence-electron chi connectivity index (χ4n) is 4.19. The van der Waals surface area contributed by atoms with Crippen molar-refractivity contribution in [2.75, 3.05) is 6.54 Å². The lowest BCUT2D eigenvalue weighted by atomic mass is 9.95. The molecule has 3 atom stereocenters. The molecular weight excluding hydrogens is 316 g/mol. The summed E-state index contributed by atoms with van der Waals surface area (Å²) in [7, 11) is -3.91. The van der Waals surface area contributed by atoms with Crippen molar-refractivity contribution in [1.82, 2.24) is 9.62 Å². The van der Waals surface area contributed by atoms with Crippen molar-refractivity contribution in [3.63, 3.8) is 0 Å². The highest BCUT2D eigenvalue weighted by Gasteiger charge is 2.43. The lowest BCUT2D eigenvalue weighted by Gasteiger charge is -2.24. The molecule has 1 aromatic rings. The highest BCUT2D eigenvalue weighted by atomic mass is 32.2. The van der Waals surface area contributed by atoms with E-state index in [0.29, 0.717) is 16.1 Å². The molecule has 2 amide bonds. The van der Waals surface area contributed by atoms with Crippen molar-refractivity contribution in [2.45, 2.75) is 36.6 Å². The van der Waals surface area contributed by atoms with Crippen LogP contribution in [0.25, 0.3) is 0 Å². The minimum absolute atomic E-state index is 0.0160. The molecule has 2 fully saturated rings. The van der Waals surface area contributed by atoms with Crippen molar-refractivity contribution in [3.05, 3.63) is 29.8 Å². The van der Waals surface area contributed by atoms with Gasteiger partial charge in [0, 0.05) is 6.04 Å². The van der Waals surface area contributed by atoms with Crippen LogP contribution in [0, 0.1) is 11.8 Å². The SMILES string of the molecule is O=C(CN1C(=O)c2ccccc2S1(=O)=O)N[C@@H]1C[C@@H]2CC[C@@H]1C2. The van der Waals surface area contributed by atoms with Crippen molar-refractivity contribution >= 4 is 21.8 Å². The summed E-state index contributed by atoms with van der Waals surface area (Å²) in [5.74, 6) is 0.176. The first kappa shape index (κ1) is 14.7. The van der Waals surface area contributed by atoms with E-state index in [1.165, 1.54) is 18.6 Å². The van der Waals surface area contributed by atoms with Gasteiger partial charge < -0.3 is 5.32 Å². The Hall–Kier alpha value is -1.89. The molecular formula is C16H18N2O4S. The quantitative estimate of drug-likeness (QED) is 0.898. The Balaban J connectivity index is 1.49. The Morgan fingerprint density at radius 2 is 2.00 bits per heavy atom. The number of carbonyl (C=O) groups excluding carboxylic acids is 2. The van der Waals surface area contributed by atoms with Gasteiger partial charge in [-0.05, 0) is 43.2 Å². The normalized spacial score (nSPS) is 30.5. The van der Waals surface area contributed by atoms with Crippen LogP contribution in [0.4, 0.5) is 0 Å². The number of fused-ring (bicyclic) bond motifs is 3. The number of amides is 2. The van der Waals surface area contributed by atoms with Gasteiger partial charge in [-0.1, -0.05) is 18.6 Å². The highest BCUT2D eigenvalue weighted by Crippen LogP contribution is 2.44. The molecule has 6 nitrogen and oxygen atoms in total. The standard InChI is InChI=1S/C16H18N2O4S/c19-15(17-13-8-10-5-6-11(13)7-10)9-18-16(20)12-3-1-2-4-14(12)23(18,21)22/h1-4,10-11,13H,5-9H2,(H,17,19)/t10-,11-,13-/m1/s1. The number of hydrogen-bond acceptors (Lipinski definition) is 4. The van der Waals surface area contributed by atoms with E-state index >= 15 is 0 Å². The minimum Gasteiger partial charge on any atom is -0.352 e. The molecule has 7 heteroatoms. The second-order valence-electron chi connectivity index (χ2n) is 6.66. The Morgan fingerprint density at radius 1 is 1.22 bits per heavy atom. The van der Waals surface area contributed by atoms with Crippen LogP contribution in [0.1, 0.15) is 36.0 Å². The molecule has 1 aromatic carbocycles. The van der Waals surface area contributed by atoms with E-state index in [1.54, 1.807) is 12.1 Å². The summed E-state index contributed by atoms with van der Waals surface area (Å²) in [5, 5.41) is 2.93. The van der Waals surface area contributed by atoms with Crippen LogP contribution in [-0.4, -0.2) is 37.1 Å². The topological polar surface area (TPSA) is 83.6 Å². The third-order valence-corrected chi connectivity index (χ3v) is 7.07. The number of nitrogens with one attached hydrogen (secondary N) is 1. The molecule has 4 rings (SSSR count). The summed E-state index contributed by atoms with van der Waals surface area (Å²) in [6, 6.07) is 6.19. The molecule has 1 heterocycles. The molecule has 0 unspecified atom stereocenters. The number of nitrogens with zero attached hydrogens (tertiary/aromatic N) is 1. The Bertz CT molecular complexity index is 789. The van der Waals surface area contributed by atoms with E-state index in [9.17, 15) is 18.0 Å². The van der Waals surface area contributed by atoms with E-state index in [2.05, 4.69) is 5.32 Å². The van der Waals surface area contributed by atoms with Gasteiger partial charge in [-0.3, -0.25) is 9.59 Å². The average Bonchev–Trinajstić information content (AvgIpc) is 3.18. The third-order valence-electron chi connectivity index (χ3n) is 5.28. The lowest BCUT2D eigenvalue weighted by Crippen LogP contribution is -2.45. The van der Waals surface area contributed by atoms with E-state index in [-0.39, 0.29) is 16.5 Å². The molecule has 1 N–H and O–H groups in total. The number of benzene rings is 1. The van der Waals surface area contributed by atoms with Crippen LogP contribution in [-0.2, 0) is 14.8 Å². The van der Waals surface area contributed by atoms with Gasteiger partial charge in [0.2, 0.25) is 5.91 Å². The predicted molar refractivity (Wildman–Crippen MR) is 82.0 cm³/mol. The zero-order valence-electron chi connectivity index (χ0n) is 12.6. The number of sulfonamides is 1. The average molecular weight is 334 g/mol. The smallest absolute Gasteiger partial charge is 0.269 e. The Kier molecular flexibility index (Phi) is 3.23. The number of hydrogen-bond donors (Lipinski definition) is 1. The van der Waals surface area contributed by atoms with E-state index in [4.69, 9.17) is 0 Å². The first-order valence-electron chi connectivity index (χ1n) is 7.92. The van der Waals surface area contributed by atoms with Crippen molar-refractivity contribution in [1.29, 1.82) is 0 Å². The monoisotopic (exact) mass is 334 g/mol. The van der Waals surface area contributed by atoms with Crippen molar-refractivity contribution < 1.29 is 18.0 Å². The molecule has 2 saturated carbocycles. The highest BCUT2D eigenvalue weighted by molar-refractivity contribution is 7.90. The van der Waals surface area contributed by atoms with Gasteiger partial charge in [0.15, 0.2) is 0 Å². The molecule has 23 heavy (non-hydrogen) atoms.